The smallest absolute Gasteiger partial charge is 0.248 e. The third kappa shape index (κ3) is 3.93. The normalized spacial score (nSPS) is 12.6. The molecule has 1 N–H and O–H groups in total. The van der Waals surface area contributed by atoms with Crippen molar-refractivity contribution in [3.8, 4) is 0 Å². The van der Waals surface area contributed by atoms with Crippen LogP contribution >= 0.6 is 0 Å². The van der Waals surface area contributed by atoms with E-state index in [0.717, 1.165) is 27.4 Å². The van der Waals surface area contributed by atoms with E-state index >= 15 is 0 Å². The third-order valence-electron chi connectivity index (χ3n) is 4.23. The second-order valence-corrected chi connectivity index (χ2v) is 8.06. The Labute approximate surface area is 157 Å². The van der Waals surface area contributed by atoms with Crippen LogP contribution < -0.4 is 9.62 Å². The lowest BCUT2D eigenvalue weighted by molar-refractivity contribution is -0.116. The Balaban J connectivity index is 1.96. The fraction of sp³-hybridized carbons (Fsp3) is 0.150. The lowest BCUT2D eigenvalue weighted by Gasteiger charge is -2.28. The van der Waals surface area contributed by atoms with Crippen molar-refractivity contribution in [3.05, 3.63) is 72.5 Å². The van der Waals surface area contributed by atoms with Crippen LogP contribution in [-0.2, 0) is 14.8 Å². The number of para-hydroxylation sites is 1. The van der Waals surface area contributed by atoms with Crippen LogP contribution in [0.4, 0.5) is 15.8 Å². The molecule has 0 saturated carbocycles. The van der Waals surface area contributed by atoms with Crippen molar-refractivity contribution in [2.24, 2.45) is 0 Å². The molecular weight excluding hydrogens is 367 g/mol. The number of hydrogen-bond donors (Lipinski definition) is 1. The van der Waals surface area contributed by atoms with Gasteiger partial charge in [-0.25, -0.2) is 12.8 Å². The first-order chi connectivity index (χ1) is 12.8. The Bertz CT molecular complexity index is 1090. The first-order valence-corrected chi connectivity index (χ1v) is 10.2. The Morgan fingerprint density at radius 2 is 1.63 bits per heavy atom. The summed E-state index contributed by atoms with van der Waals surface area (Å²) in [5.74, 6) is -1.27. The SMILES string of the molecule is CC(C(=O)Nc1cccc2ccccc12)N(c1ccccc1F)S(C)(=O)=O. The molecule has 0 aliphatic carbocycles. The maximum absolute atomic E-state index is 14.2. The molecular formula is C20H19FN2O3S. The lowest BCUT2D eigenvalue weighted by Crippen LogP contribution is -2.45. The van der Waals surface area contributed by atoms with E-state index in [2.05, 4.69) is 5.32 Å². The van der Waals surface area contributed by atoms with Gasteiger partial charge in [-0.1, -0.05) is 48.5 Å². The van der Waals surface area contributed by atoms with E-state index in [4.69, 9.17) is 0 Å². The van der Waals surface area contributed by atoms with Crippen LogP contribution in [0.15, 0.2) is 66.7 Å². The highest BCUT2D eigenvalue weighted by Gasteiger charge is 2.31. The molecule has 1 unspecified atom stereocenters. The minimum absolute atomic E-state index is 0.166. The zero-order chi connectivity index (χ0) is 19.6. The molecule has 0 heterocycles. The molecule has 7 heteroatoms. The summed E-state index contributed by atoms with van der Waals surface area (Å²) < 4.78 is 39.5. The molecule has 1 amide bonds. The summed E-state index contributed by atoms with van der Waals surface area (Å²) in [5.41, 5.74) is 0.396. The summed E-state index contributed by atoms with van der Waals surface area (Å²) in [6, 6.07) is 17.3. The number of nitrogens with zero attached hydrogens (tertiary/aromatic N) is 1. The van der Waals surface area contributed by atoms with Crippen LogP contribution in [0.1, 0.15) is 6.92 Å². The number of carbonyl (C=O) groups excluding carboxylic acids is 1. The van der Waals surface area contributed by atoms with Crippen molar-refractivity contribution in [3.63, 3.8) is 0 Å². The molecule has 5 nitrogen and oxygen atoms in total. The topological polar surface area (TPSA) is 66.5 Å². The maximum atomic E-state index is 14.2. The highest BCUT2D eigenvalue weighted by Crippen LogP contribution is 2.26. The highest BCUT2D eigenvalue weighted by atomic mass is 32.2. The first-order valence-electron chi connectivity index (χ1n) is 8.31. The highest BCUT2D eigenvalue weighted by molar-refractivity contribution is 7.92. The summed E-state index contributed by atoms with van der Waals surface area (Å²) in [5, 5.41) is 4.53. The Morgan fingerprint density at radius 3 is 2.33 bits per heavy atom. The van der Waals surface area contributed by atoms with Crippen LogP contribution in [0.2, 0.25) is 0 Å². The van der Waals surface area contributed by atoms with Crippen molar-refractivity contribution in [1.29, 1.82) is 0 Å². The monoisotopic (exact) mass is 386 g/mol. The number of hydrogen-bond acceptors (Lipinski definition) is 3. The van der Waals surface area contributed by atoms with E-state index in [1.165, 1.54) is 25.1 Å². The van der Waals surface area contributed by atoms with Gasteiger partial charge < -0.3 is 5.32 Å². The minimum Gasteiger partial charge on any atom is -0.324 e. The average molecular weight is 386 g/mol. The molecule has 0 bridgehead atoms. The summed E-state index contributed by atoms with van der Waals surface area (Å²) in [6.45, 7) is 1.42. The average Bonchev–Trinajstić information content (AvgIpc) is 2.62. The van der Waals surface area contributed by atoms with E-state index in [0.29, 0.717) is 5.69 Å². The zero-order valence-electron chi connectivity index (χ0n) is 14.9. The maximum Gasteiger partial charge on any atom is 0.248 e. The number of amides is 1. The van der Waals surface area contributed by atoms with Gasteiger partial charge in [-0.05, 0) is 30.5 Å². The van der Waals surface area contributed by atoms with Crippen molar-refractivity contribution in [2.75, 3.05) is 15.9 Å². The van der Waals surface area contributed by atoms with Crippen LogP contribution in [0.5, 0.6) is 0 Å². The molecule has 0 radical (unpaired) electrons. The van der Waals surface area contributed by atoms with Gasteiger partial charge in [0.05, 0.1) is 11.9 Å². The number of benzene rings is 3. The van der Waals surface area contributed by atoms with Crippen molar-refractivity contribution < 1.29 is 17.6 Å². The zero-order valence-corrected chi connectivity index (χ0v) is 15.7. The molecule has 0 fully saturated rings. The van der Waals surface area contributed by atoms with Gasteiger partial charge >= 0.3 is 0 Å². The number of fused-ring (bicyclic) bond motifs is 1. The molecule has 27 heavy (non-hydrogen) atoms. The Kier molecular flexibility index (Phi) is 5.14. The fourth-order valence-corrected chi connectivity index (χ4v) is 4.16. The van der Waals surface area contributed by atoms with Crippen molar-refractivity contribution >= 4 is 38.1 Å². The number of rotatable bonds is 5. The minimum atomic E-state index is -3.89. The molecule has 1 atom stereocenters. The van der Waals surface area contributed by atoms with Gasteiger partial charge in [0.25, 0.3) is 0 Å². The number of anilines is 2. The van der Waals surface area contributed by atoms with E-state index in [1.807, 2.05) is 30.3 Å². The molecule has 140 valence electrons. The van der Waals surface area contributed by atoms with Gasteiger partial charge in [0.15, 0.2) is 0 Å². The standard InChI is InChI=1S/C20H19FN2O3S/c1-14(23(27(2,25)26)19-13-6-5-11-17(19)21)20(24)22-18-12-7-9-15-8-3-4-10-16(15)18/h3-14H,1-2H3,(H,22,24). The molecule has 0 spiro atoms. The summed E-state index contributed by atoms with van der Waals surface area (Å²) in [7, 11) is -3.89. The van der Waals surface area contributed by atoms with Crippen LogP contribution in [0.3, 0.4) is 0 Å². The van der Waals surface area contributed by atoms with Gasteiger partial charge in [0.2, 0.25) is 15.9 Å². The second kappa shape index (κ2) is 7.36. The largest absolute Gasteiger partial charge is 0.324 e. The van der Waals surface area contributed by atoms with E-state index < -0.39 is 27.8 Å². The predicted molar refractivity (Wildman–Crippen MR) is 106 cm³/mol. The molecule has 0 aromatic heterocycles. The first kappa shape index (κ1) is 18.8. The van der Waals surface area contributed by atoms with Crippen LogP contribution in [-0.4, -0.2) is 26.6 Å². The number of nitrogens with one attached hydrogen (secondary N) is 1. The molecule has 3 aromatic carbocycles. The van der Waals surface area contributed by atoms with Gasteiger partial charge in [-0.2, -0.15) is 0 Å². The van der Waals surface area contributed by atoms with E-state index in [-0.39, 0.29) is 5.69 Å². The fourth-order valence-electron chi connectivity index (χ4n) is 2.98. The van der Waals surface area contributed by atoms with Gasteiger partial charge in [-0.15, -0.1) is 0 Å². The molecule has 3 aromatic rings. The number of sulfonamides is 1. The lowest BCUT2D eigenvalue weighted by atomic mass is 10.1. The predicted octanol–water partition coefficient (Wildman–Crippen LogP) is 3.77. The van der Waals surface area contributed by atoms with Crippen molar-refractivity contribution in [2.45, 2.75) is 13.0 Å². The number of carbonyl (C=O) groups is 1. The van der Waals surface area contributed by atoms with Crippen molar-refractivity contribution in [1.82, 2.24) is 0 Å². The second-order valence-electron chi connectivity index (χ2n) is 6.20. The Morgan fingerprint density at radius 1 is 1.00 bits per heavy atom. The van der Waals surface area contributed by atoms with Gasteiger partial charge in [-0.3, -0.25) is 9.10 Å². The van der Waals surface area contributed by atoms with Gasteiger partial charge in [0.1, 0.15) is 11.9 Å². The molecule has 3 rings (SSSR count). The number of halogens is 1. The van der Waals surface area contributed by atoms with Gasteiger partial charge in [0, 0.05) is 11.1 Å². The molecule has 0 saturated heterocycles. The summed E-state index contributed by atoms with van der Waals surface area (Å²) in [6.07, 6.45) is 0.946. The van der Waals surface area contributed by atoms with Crippen LogP contribution in [0.25, 0.3) is 10.8 Å². The Hall–Kier alpha value is -2.93. The van der Waals surface area contributed by atoms with Crippen LogP contribution in [0, 0.1) is 5.82 Å². The molecule has 0 aliphatic rings. The quantitative estimate of drug-likeness (QED) is 0.726. The van der Waals surface area contributed by atoms with E-state index in [9.17, 15) is 17.6 Å². The third-order valence-corrected chi connectivity index (χ3v) is 5.45. The van der Waals surface area contributed by atoms with E-state index in [1.54, 1.807) is 12.1 Å². The molecule has 0 aliphatic heterocycles. The summed E-state index contributed by atoms with van der Waals surface area (Å²) >= 11 is 0. The summed E-state index contributed by atoms with van der Waals surface area (Å²) in [4.78, 5) is 12.8.